The van der Waals surface area contributed by atoms with Crippen molar-refractivity contribution in [2.75, 3.05) is 32.8 Å². The molecule has 0 heterocycles. The van der Waals surface area contributed by atoms with E-state index in [2.05, 4.69) is 12.2 Å². The van der Waals surface area contributed by atoms with Crippen LogP contribution >= 0.6 is 0 Å². The first kappa shape index (κ1) is 29.8. The molecule has 1 aromatic rings. The third-order valence-electron chi connectivity index (χ3n) is 5.41. The van der Waals surface area contributed by atoms with E-state index in [1.165, 1.54) is 0 Å². The van der Waals surface area contributed by atoms with Crippen LogP contribution in [0, 0.1) is 0 Å². The van der Waals surface area contributed by atoms with Crippen molar-refractivity contribution in [1.29, 1.82) is 0 Å². The highest BCUT2D eigenvalue weighted by Crippen LogP contribution is 2.09. The Balaban J connectivity index is 2.60. The van der Waals surface area contributed by atoms with Crippen LogP contribution in [0.2, 0.25) is 0 Å². The van der Waals surface area contributed by atoms with Gasteiger partial charge >= 0.3 is 6.09 Å². The van der Waals surface area contributed by atoms with Gasteiger partial charge in [0.15, 0.2) is 0 Å². The van der Waals surface area contributed by atoms with Gasteiger partial charge in [-0.25, -0.2) is 4.79 Å². The van der Waals surface area contributed by atoms with Crippen LogP contribution in [-0.4, -0.2) is 99.6 Å². The van der Waals surface area contributed by atoms with Gasteiger partial charge in [-0.1, -0.05) is 38.3 Å². The normalized spacial score (nSPS) is 14.9. The van der Waals surface area contributed by atoms with Gasteiger partial charge in [-0.15, -0.1) is 0 Å². The van der Waals surface area contributed by atoms with Gasteiger partial charge in [0.1, 0.15) is 24.9 Å². The molecular formula is C23H39N3O8. The lowest BCUT2D eigenvalue weighted by Crippen LogP contribution is -2.50. The van der Waals surface area contributed by atoms with Crippen LogP contribution in [0.15, 0.2) is 24.3 Å². The maximum atomic E-state index is 12.4. The number of nitrogens with one attached hydrogen (secondary N) is 1. The zero-order valence-corrected chi connectivity index (χ0v) is 19.7. The number of hydrogen-bond donors (Lipinski definition) is 7. The lowest BCUT2D eigenvalue weighted by Gasteiger charge is -2.30. The number of aliphatic hydroxyl groups is 5. The molecule has 8 N–H and O–H groups in total. The topological polar surface area (TPSA) is 186 Å². The zero-order chi connectivity index (χ0) is 25.5. The number of carbonyl (C=O) groups excluding carboxylic acids is 2. The number of carbonyl (C=O) groups is 2. The smallest absolute Gasteiger partial charge is 0.404 e. The Hall–Kier alpha value is -2.28. The first-order chi connectivity index (χ1) is 16.2. The van der Waals surface area contributed by atoms with Gasteiger partial charge in [-0.3, -0.25) is 9.69 Å². The molecule has 4 atom stereocenters. The minimum Gasteiger partial charge on any atom is -0.445 e. The van der Waals surface area contributed by atoms with E-state index < -0.39 is 37.1 Å². The molecule has 0 aliphatic carbocycles. The molecule has 0 unspecified atom stereocenters. The highest BCUT2D eigenvalue weighted by Gasteiger charge is 2.31. The number of nitrogens with two attached hydrogens (primary N) is 1. The highest BCUT2D eigenvalue weighted by atomic mass is 16.5. The molecule has 1 aromatic carbocycles. The lowest BCUT2D eigenvalue weighted by molar-refractivity contribution is -0.119. The molecule has 0 spiro atoms. The Bertz CT molecular complexity index is 719. The number of nitrogens with zero attached hydrogens (tertiary/aromatic N) is 1. The summed E-state index contributed by atoms with van der Waals surface area (Å²) in [7, 11) is 0. The number of primary amides is 1. The Morgan fingerprint density at radius 3 is 2.24 bits per heavy atom. The second kappa shape index (κ2) is 16.4. The van der Waals surface area contributed by atoms with Crippen LogP contribution in [0.1, 0.15) is 48.5 Å². The average molecular weight is 486 g/mol. The maximum absolute atomic E-state index is 12.4. The summed E-state index contributed by atoms with van der Waals surface area (Å²) in [6, 6.07) is 6.51. The summed E-state index contributed by atoms with van der Waals surface area (Å²) in [5.74, 6) is -0.296. The molecule has 0 fully saturated rings. The summed E-state index contributed by atoms with van der Waals surface area (Å²) in [6.07, 6.45) is -3.11. The summed E-state index contributed by atoms with van der Waals surface area (Å²) in [6.45, 7) is 2.69. The molecule has 11 nitrogen and oxygen atoms in total. The predicted molar refractivity (Wildman–Crippen MR) is 125 cm³/mol. The molecule has 0 aliphatic heterocycles. The van der Waals surface area contributed by atoms with Gasteiger partial charge in [-0.05, 0) is 30.7 Å². The van der Waals surface area contributed by atoms with E-state index in [9.17, 15) is 30.0 Å². The fraction of sp³-hybridized carbons (Fsp3) is 0.652. The molecule has 11 heteroatoms. The number of benzene rings is 1. The van der Waals surface area contributed by atoms with Crippen molar-refractivity contribution in [1.82, 2.24) is 10.2 Å². The highest BCUT2D eigenvalue weighted by molar-refractivity contribution is 5.94. The van der Waals surface area contributed by atoms with Gasteiger partial charge in [0.05, 0.1) is 12.7 Å². The summed E-state index contributed by atoms with van der Waals surface area (Å²) < 4.78 is 4.70. The molecule has 0 radical (unpaired) electrons. The van der Waals surface area contributed by atoms with Crippen molar-refractivity contribution in [2.24, 2.45) is 5.73 Å². The number of hydrogen-bond acceptors (Lipinski definition) is 9. The molecule has 0 aromatic heterocycles. The van der Waals surface area contributed by atoms with Crippen molar-refractivity contribution < 1.29 is 39.9 Å². The summed E-state index contributed by atoms with van der Waals surface area (Å²) in [5.41, 5.74) is 6.05. The maximum Gasteiger partial charge on any atom is 0.404 e. The molecular weight excluding hydrogens is 446 g/mol. The van der Waals surface area contributed by atoms with Gasteiger partial charge < -0.3 is 41.3 Å². The molecule has 0 saturated carbocycles. The molecule has 1 rings (SSSR count). The standard InChI is InChI=1S/C23H39N3O8/c1-2-3-4-5-11-26(13-18(28)20(30)21(31)19(29)14-27)12-10-25-22(32)17-8-6-16(7-9-17)15-34-23(24)33/h6-9,18-21,27-31H,2-5,10-15H2,1H3,(H2,24,33)(H,25,32)/t18-,19+,20+,21+/m0/s1. The fourth-order valence-corrected chi connectivity index (χ4v) is 3.33. The van der Waals surface area contributed by atoms with Gasteiger partial charge in [0.25, 0.3) is 5.91 Å². The molecule has 0 bridgehead atoms. The van der Waals surface area contributed by atoms with E-state index in [0.29, 0.717) is 24.2 Å². The number of aliphatic hydroxyl groups excluding tert-OH is 5. The van der Waals surface area contributed by atoms with Crippen molar-refractivity contribution in [3.63, 3.8) is 0 Å². The number of ether oxygens (including phenoxy) is 1. The van der Waals surface area contributed by atoms with Crippen molar-refractivity contribution in [2.45, 2.75) is 63.6 Å². The lowest BCUT2D eigenvalue weighted by atomic mass is 10.0. The Morgan fingerprint density at radius 1 is 1.00 bits per heavy atom. The Morgan fingerprint density at radius 2 is 1.65 bits per heavy atom. The molecule has 34 heavy (non-hydrogen) atoms. The predicted octanol–water partition coefficient (Wildman–Crippen LogP) is -0.670. The van der Waals surface area contributed by atoms with Crippen molar-refractivity contribution in [3.8, 4) is 0 Å². The molecule has 2 amide bonds. The number of amides is 2. The quantitative estimate of drug-likeness (QED) is 0.141. The minimum absolute atomic E-state index is 0.0163. The van der Waals surface area contributed by atoms with Crippen LogP contribution in [0.3, 0.4) is 0 Å². The van der Waals surface area contributed by atoms with E-state index >= 15 is 0 Å². The third kappa shape index (κ3) is 11.2. The Kier molecular flexibility index (Phi) is 14.3. The molecule has 0 saturated heterocycles. The second-order valence-electron chi connectivity index (χ2n) is 8.22. The van der Waals surface area contributed by atoms with E-state index in [1.807, 2.05) is 4.90 Å². The zero-order valence-electron chi connectivity index (χ0n) is 19.7. The third-order valence-corrected chi connectivity index (χ3v) is 5.41. The SMILES string of the molecule is CCCCCCN(CCNC(=O)c1ccc(COC(N)=O)cc1)C[C@H](O)[C@@H](O)[C@H](O)[C@H](O)CO. The first-order valence-corrected chi connectivity index (χ1v) is 11.5. The molecule has 0 aliphatic rings. The van der Waals surface area contributed by atoms with Crippen LogP contribution in [0.25, 0.3) is 0 Å². The number of unbranched alkanes of at least 4 members (excludes halogenated alkanes) is 3. The second-order valence-corrected chi connectivity index (χ2v) is 8.22. The van der Waals surface area contributed by atoms with Crippen LogP contribution in [0.4, 0.5) is 4.79 Å². The van der Waals surface area contributed by atoms with E-state index in [1.54, 1.807) is 24.3 Å². The van der Waals surface area contributed by atoms with Gasteiger partial charge in [-0.2, -0.15) is 0 Å². The monoisotopic (exact) mass is 485 g/mol. The average Bonchev–Trinajstić information content (AvgIpc) is 2.83. The summed E-state index contributed by atoms with van der Waals surface area (Å²) in [5, 5.41) is 51.5. The van der Waals surface area contributed by atoms with Gasteiger partial charge in [0, 0.05) is 25.2 Å². The number of rotatable bonds is 17. The summed E-state index contributed by atoms with van der Waals surface area (Å²) >= 11 is 0. The van der Waals surface area contributed by atoms with E-state index in [4.69, 9.17) is 15.6 Å². The Labute approximate surface area is 200 Å². The van der Waals surface area contributed by atoms with Crippen LogP contribution < -0.4 is 11.1 Å². The van der Waals surface area contributed by atoms with E-state index in [-0.39, 0.29) is 25.6 Å². The van der Waals surface area contributed by atoms with Gasteiger partial charge in [0.2, 0.25) is 0 Å². The summed E-state index contributed by atoms with van der Waals surface area (Å²) in [4.78, 5) is 25.0. The first-order valence-electron chi connectivity index (χ1n) is 11.5. The molecule has 194 valence electrons. The van der Waals surface area contributed by atoms with Crippen LogP contribution in [0.5, 0.6) is 0 Å². The van der Waals surface area contributed by atoms with Crippen LogP contribution in [-0.2, 0) is 11.3 Å². The fourth-order valence-electron chi connectivity index (χ4n) is 3.33. The van der Waals surface area contributed by atoms with Crippen molar-refractivity contribution in [3.05, 3.63) is 35.4 Å². The van der Waals surface area contributed by atoms with Crippen molar-refractivity contribution >= 4 is 12.0 Å². The minimum atomic E-state index is -1.68. The van der Waals surface area contributed by atoms with E-state index in [0.717, 1.165) is 25.7 Å². The largest absolute Gasteiger partial charge is 0.445 e.